The van der Waals surface area contributed by atoms with E-state index < -0.39 is 29.7 Å². The van der Waals surface area contributed by atoms with Gasteiger partial charge in [0.05, 0.1) is 24.1 Å². The number of nitrogens with one attached hydrogen (secondary N) is 2. The number of rotatable bonds is 11. The highest BCUT2D eigenvalue weighted by atomic mass is 19.1. The van der Waals surface area contributed by atoms with Crippen molar-refractivity contribution in [2.75, 3.05) is 6.54 Å². The van der Waals surface area contributed by atoms with Crippen molar-refractivity contribution in [1.82, 2.24) is 10.6 Å². The number of aliphatic hydroxyl groups excluding tert-OH is 1. The number of benzene rings is 3. The van der Waals surface area contributed by atoms with Gasteiger partial charge in [0.25, 0.3) is 5.91 Å². The predicted octanol–water partition coefficient (Wildman–Crippen LogP) is 4.65. The van der Waals surface area contributed by atoms with E-state index in [2.05, 4.69) is 29.7 Å². The van der Waals surface area contributed by atoms with Crippen LogP contribution < -0.4 is 10.6 Å². The number of carbonyl (C=O) groups is 1. The topological polar surface area (TPSA) is 85.2 Å². The number of carbonyl (C=O) groups excluding carboxylic acids is 1. The van der Waals surface area contributed by atoms with Crippen LogP contribution in [-0.4, -0.2) is 29.7 Å². The molecule has 3 atom stereocenters. The molecule has 188 valence electrons. The van der Waals surface area contributed by atoms with Gasteiger partial charge in [0.2, 0.25) is 0 Å². The number of aliphatic hydroxyl groups is 1. The molecular formula is C29H31F2N3O2. The van der Waals surface area contributed by atoms with Crippen molar-refractivity contribution in [1.29, 1.82) is 5.26 Å². The van der Waals surface area contributed by atoms with Crippen LogP contribution in [0.4, 0.5) is 8.78 Å². The molecule has 0 radical (unpaired) electrons. The summed E-state index contributed by atoms with van der Waals surface area (Å²) in [5, 5.41) is 26.2. The van der Waals surface area contributed by atoms with E-state index >= 15 is 0 Å². The average molecular weight is 492 g/mol. The summed E-state index contributed by atoms with van der Waals surface area (Å²) in [4.78, 5) is 13.0. The lowest BCUT2D eigenvalue weighted by molar-refractivity contribution is 0.0829. The van der Waals surface area contributed by atoms with Gasteiger partial charge in [0.15, 0.2) is 0 Å². The van der Waals surface area contributed by atoms with Crippen molar-refractivity contribution < 1.29 is 18.7 Å². The molecule has 0 saturated heterocycles. The van der Waals surface area contributed by atoms with Crippen molar-refractivity contribution in [3.63, 3.8) is 0 Å². The Morgan fingerprint density at radius 3 is 2.39 bits per heavy atom. The molecule has 3 aromatic carbocycles. The summed E-state index contributed by atoms with van der Waals surface area (Å²) in [6.45, 7) is 4.50. The van der Waals surface area contributed by atoms with Crippen molar-refractivity contribution >= 4 is 5.91 Å². The first-order chi connectivity index (χ1) is 17.3. The first-order valence-electron chi connectivity index (χ1n) is 12.0. The van der Waals surface area contributed by atoms with Crippen molar-refractivity contribution in [3.8, 4) is 6.07 Å². The number of nitriles is 1. The highest BCUT2D eigenvalue weighted by molar-refractivity contribution is 5.94. The molecule has 36 heavy (non-hydrogen) atoms. The van der Waals surface area contributed by atoms with E-state index in [-0.39, 0.29) is 18.9 Å². The summed E-state index contributed by atoms with van der Waals surface area (Å²) < 4.78 is 27.6. The monoisotopic (exact) mass is 491 g/mol. The Bertz CT molecular complexity index is 1200. The van der Waals surface area contributed by atoms with Crippen LogP contribution in [0.3, 0.4) is 0 Å². The molecule has 0 aliphatic rings. The van der Waals surface area contributed by atoms with E-state index in [9.17, 15) is 23.9 Å². The molecule has 0 aliphatic heterocycles. The maximum absolute atomic E-state index is 13.8. The second-order valence-electron chi connectivity index (χ2n) is 8.91. The molecule has 0 aromatic heterocycles. The predicted molar refractivity (Wildman–Crippen MR) is 135 cm³/mol. The van der Waals surface area contributed by atoms with E-state index in [1.165, 1.54) is 17.7 Å². The van der Waals surface area contributed by atoms with Gasteiger partial charge in [-0.3, -0.25) is 4.79 Å². The lowest BCUT2D eigenvalue weighted by Gasteiger charge is -2.25. The standard InChI is InChI=1S/C29H31F2N3O2/c1-3-20-6-4-7-21(10-20)17-33-18-28(35)27(13-22-11-25(30)15-26(31)12-22)34-29(36)24-9-5-8-23(14-24)19(2)16-32/h4-12,14-15,19,27-28,33,35H,3,13,17-18H2,1-2H3,(H,34,36). The van der Waals surface area contributed by atoms with Gasteiger partial charge in [-0.2, -0.15) is 5.26 Å². The third-order valence-corrected chi connectivity index (χ3v) is 6.08. The average Bonchev–Trinajstić information content (AvgIpc) is 2.87. The maximum atomic E-state index is 13.8. The van der Waals surface area contributed by atoms with E-state index in [4.69, 9.17) is 0 Å². The fourth-order valence-corrected chi connectivity index (χ4v) is 4.01. The molecule has 1 amide bonds. The van der Waals surface area contributed by atoms with Crippen molar-refractivity contribution in [2.24, 2.45) is 0 Å². The smallest absolute Gasteiger partial charge is 0.251 e. The van der Waals surface area contributed by atoms with Crippen LogP contribution in [0.15, 0.2) is 66.7 Å². The lowest BCUT2D eigenvalue weighted by Crippen LogP contribution is -2.48. The molecule has 0 aliphatic carbocycles. The summed E-state index contributed by atoms with van der Waals surface area (Å²) >= 11 is 0. The van der Waals surface area contributed by atoms with Gasteiger partial charge in [-0.15, -0.1) is 0 Å². The quantitative estimate of drug-likeness (QED) is 0.365. The van der Waals surface area contributed by atoms with Crippen molar-refractivity contribution in [2.45, 2.75) is 51.3 Å². The van der Waals surface area contributed by atoms with Crippen LogP contribution in [0, 0.1) is 23.0 Å². The first-order valence-corrected chi connectivity index (χ1v) is 12.0. The molecule has 7 heteroatoms. The Kier molecular flexibility index (Phi) is 9.69. The highest BCUT2D eigenvalue weighted by Gasteiger charge is 2.23. The Balaban J connectivity index is 1.74. The van der Waals surface area contributed by atoms with Gasteiger partial charge in [-0.1, -0.05) is 43.3 Å². The summed E-state index contributed by atoms with van der Waals surface area (Å²) in [5.74, 6) is -2.28. The van der Waals surface area contributed by atoms with Crippen LogP contribution >= 0.6 is 0 Å². The largest absolute Gasteiger partial charge is 0.390 e. The Hall–Kier alpha value is -3.60. The molecule has 3 aromatic rings. The van der Waals surface area contributed by atoms with Crippen molar-refractivity contribution in [3.05, 3.63) is 106 Å². The maximum Gasteiger partial charge on any atom is 0.251 e. The molecule has 5 nitrogen and oxygen atoms in total. The molecule has 3 rings (SSSR count). The number of hydrogen-bond donors (Lipinski definition) is 3. The minimum absolute atomic E-state index is 0.0306. The fraction of sp³-hybridized carbons (Fsp3) is 0.310. The summed E-state index contributed by atoms with van der Waals surface area (Å²) in [5.41, 5.74) is 3.63. The van der Waals surface area contributed by atoms with Gasteiger partial charge < -0.3 is 15.7 Å². The first kappa shape index (κ1) is 27.0. The minimum Gasteiger partial charge on any atom is -0.390 e. The molecule has 0 fully saturated rings. The second-order valence-corrected chi connectivity index (χ2v) is 8.91. The Morgan fingerprint density at radius 1 is 1.00 bits per heavy atom. The van der Waals surface area contributed by atoms with E-state index in [0.29, 0.717) is 23.2 Å². The third kappa shape index (κ3) is 7.70. The third-order valence-electron chi connectivity index (χ3n) is 6.08. The van der Waals surface area contributed by atoms with Gasteiger partial charge >= 0.3 is 0 Å². The van der Waals surface area contributed by atoms with Crippen LogP contribution in [-0.2, 0) is 19.4 Å². The zero-order valence-electron chi connectivity index (χ0n) is 20.5. The zero-order valence-corrected chi connectivity index (χ0v) is 20.5. The molecule has 3 unspecified atom stereocenters. The van der Waals surface area contributed by atoms with Crippen LogP contribution in [0.25, 0.3) is 0 Å². The fourth-order valence-electron chi connectivity index (χ4n) is 4.01. The second kappa shape index (κ2) is 12.9. The molecule has 0 bridgehead atoms. The number of aryl methyl sites for hydroxylation is 1. The van der Waals surface area contributed by atoms with E-state index in [0.717, 1.165) is 18.1 Å². The van der Waals surface area contributed by atoms with E-state index in [1.807, 2.05) is 18.2 Å². The number of amides is 1. The highest BCUT2D eigenvalue weighted by Crippen LogP contribution is 2.17. The summed E-state index contributed by atoms with van der Waals surface area (Å²) in [7, 11) is 0. The van der Waals surface area contributed by atoms with Gasteiger partial charge in [-0.25, -0.2) is 8.78 Å². The number of halogens is 2. The van der Waals surface area contributed by atoms with Crippen LogP contribution in [0.1, 0.15) is 52.4 Å². The van der Waals surface area contributed by atoms with E-state index in [1.54, 1.807) is 31.2 Å². The Morgan fingerprint density at radius 2 is 1.69 bits per heavy atom. The number of hydrogen-bond acceptors (Lipinski definition) is 4. The normalized spacial score (nSPS) is 13.4. The lowest BCUT2D eigenvalue weighted by atomic mass is 9.98. The molecule has 3 N–H and O–H groups in total. The molecular weight excluding hydrogens is 460 g/mol. The SMILES string of the molecule is CCc1cccc(CNCC(O)C(Cc2cc(F)cc(F)c2)NC(=O)c2cccc(C(C)C#N)c2)c1. The Labute approximate surface area is 210 Å². The molecule has 0 saturated carbocycles. The minimum atomic E-state index is -1.03. The molecule has 0 spiro atoms. The molecule has 0 heterocycles. The van der Waals surface area contributed by atoms with Gasteiger partial charge in [-0.05, 0) is 66.3 Å². The number of nitrogens with zero attached hydrogens (tertiary/aromatic N) is 1. The van der Waals surface area contributed by atoms with Crippen LogP contribution in [0.2, 0.25) is 0 Å². The summed E-state index contributed by atoms with van der Waals surface area (Å²) in [6.07, 6.45) is -0.0812. The van der Waals surface area contributed by atoms with Gasteiger partial charge in [0, 0.05) is 24.7 Å². The van der Waals surface area contributed by atoms with Crippen LogP contribution in [0.5, 0.6) is 0 Å². The van der Waals surface area contributed by atoms with Gasteiger partial charge in [0.1, 0.15) is 11.6 Å². The summed E-state index contributed by atoms with van der Waals surface area (Å²) in [6, 6.07) is 19.3. The zero-order chi connectivity index (χ0) is 26.1.